The molecule has 1 atom stereocenters. The Morgan fingerprint density at radius 2 is 1.65 bits per heavy atom. The van der Waals surface area contributed by atoms with Crippen molar-refractivity contribution in [3.05, 3.63) is 95.6 Å². The minimum Gasteiger partial charge on any atom is -0.493 e. The second kappa shape index (κ2) is 8.47. The van der Waals surface area contributed by atoms with Gasteiger partial charge in [0, 0.05) is 23.1 Å². The molecule has 34 heavy (non-hydrogen) atoms. The van der Waals surface area contributed by atoms with E-state index in [1.165, 1.54) is 0 Å². The van der Waals surface area contributed by atoms with Crippen LogP contribution in [0.2, 0.25) is 0 Å². The van der Waals surface area contributed by atoms with Gasteiger partial charge in [0.15, 0.2) is 11.3 Å². The Morgan fingerprint density at radius 1 is 0.941 bits per heavy atom. The third kappa shape index (κ3) is 3.59. The number of benzene rings is 3. The molecule has 3 aromatic rings. The maximum absolute atomic E-state index is 13.4. The molecule has 170 valence electrons. The summed E-state index contributed by atoms with van der Waals surface area (Å²) >= 11 is 0. The number of hydrogen-bond acceptors (Lipinski definition) is 5. The monoisotopic (exact) mass is 455 g/mol. The Hall–Kier alpha value is -4.46. The summed E-state index contributed by atoms with van der Waals surface area (Å²) in [4.78, 5) is 52.8. The number of carbonyl (C=O) groups excluding carboxylic acids is 4. The standard InChI is InChI=1S/C26H21N3O5/c30-22(27-20-12-6-4-10-18(20)23(31)17-8-2-1-3-9-17)16-29-24(32)26(28-25(29)33)14-15-34-21-13-7-5-11-19(21)26/h1-13H,14-16H2,(H,27,30)(H,28,33). The number of nitrogens with one attached hydrogen (secondary N) is 2. The van der Waals surface area contributed by atoms with Crippen LogP contribution in [0.4, 0.5) is 10.5 Å². The van der Waals surface area contributed by atoms with Gasteiger partial charge >= 0.3 is 6.03 Å². The van der Waals surface area contributed by atoms with Gasteiger partial charge in [0.2, 0.25) is 5.91 Å². The van der Waals surface area contributed by atoms with E-state index in [-0.39, 0.29) is 18.8 Å². The Kier molecular flexibility index (Phi) is 5.33. The van der Waals surface area contributed by atoms with Crippen LogP contribution in [0.15, 0.2) is 78.9 Å². The van der Waals surface area contributed by atoms with Gasteiger partial charge in [0.25, 0.3) is 5.91 Å². The van der Waals surface area contributed by atoms with E-state index in [0.717, 1.165) is 4.90 Å². The molecule has 2 aliphatic rings. The number of rotatable bonds is 5. The highest BCUT2D eigenvalue weighted by molar-refractivity contribution is 6.15. The molecule has 3 aromatic carbocycles. The van der Waals surface area contributed by atoms with E-state index in [1.807, 2.05) is 6.07 Å². The van der Waals surface area contributed by atoms with Gasteiger partial charge in [0.1, 0.15) is 12.3 Å². The lowest BCUT2D eigenvalue weighted by atomic mass is 9.84. The fraction of sp³-hybridized carbons (Fsp3) is 0.154. The number of anilines is 1. The molecule has 8 nitrogen and oxygen atoms in total. The van der Waals surface area contributed by atoms with E-state index in [4.69, 9.17) is 4.74 Å². The Labute approximate surface area is 195 Å². The fourth-order valence-corrected chi connectivity index (χ4v) is 4.38. The highest BCUT2D eigenvalue weighted by atomic mass is 16.5. The quantitative estimate of drug-likeness (QED) is 0.455. The largest absolute Gasteiger partial charge is 0.493 e. The lowest BCUT2D eigenvalue weighted by molar-refractivity contribution is -0.135. The van der Waals surface area contributed by atoms with Crippen LogP contribution in [0.3, 0.4) is 0 Å². The van der Waals surface area contributed by atoms with Crippen LogP contribution in [0.1, 0.15) is 27.9 Å². The normalized spacial score (nSPS) is 18.8. The first-order valence-corrected chi connectivity index (χ1v) is 10.8. The van der Waals surface area contributed by atoms with Gasteiger partial charge in [-0.05, 0) is 18.2 Å². The molecule has 0 bridgehead atoms. The van der Waals surface area contributed by atoms with Crippen LogP contribution in [0.25, 0.3) is 0 Å². The minimum absolute atomic E-state index is 0.246. The molecule has 1 saturated heterocycles. The van der Waals surface area contributed by atoms with Crippen LogP contribution in [0.5, 0.6) is 5.75 Å². The van der Waals surface area contributed by atoms with Gasteiger partial charge < -0.3 is 15.4 Å². The molecule has 2 heterocycles. The molecule has 1 unspecified atom stereocenters. The Morgan fingerprint density at radius 3 is 2.47 bits per heavy atom. The number of urea groups is 1. The number of para-hydroxylation sites is 2. The lowest BCUT2D eigenvalue weighted by Crippen LogP contribution is -2.48. The number of hydrogen-bond donors (Lipinski definition) is 2. The number of amides is 4. The average Bonchev–Trinajstić information content (AvgIpc) is 3.09. The smallest absolute Gasteiger partial charge is 0.325 e. The molecule has 0 aliphatic carbocycles. The lowest BCUT2D eigenvalue weighted by Gasteiger charge is -2.33. The van der Waals surface area contributed by atoms with Crippen molar-refractivity contribution >= 4 is 29.3 Å². The highest BCUT2D eigenvalue weighted by Crippen LogP contribution is 2.40. The predicted octanol–water partition coefficient (Wildman–Crippen LogP) is 3.09. The molecule has 2 N–H and O–H groups in total. The summed E-state index contributed by atoms with van der Waals surface area (Å²) in [5.74, 6) is -0.808. The van der Waals surface area contributed by atoms with Crippen molar-refractivity contribution < 1.29 is 23.9 Å². The maximum Gasteiger partial charge on any atom is 0.325 e. The first-order chi connectivity index (χ1) is 16.5. The molecule has 5 rings (SSSR count). The molecule has 0 radical (unpaired) electrons. The number of ether oxygens (including phenoxy) is 1. The summed E-state index contributed by atoms with van der Waals surface area (Å²) in [5, 5.41) is 5.45. The second-order valence-corrected chi connectivity index (χ2v) is 8.11. The van der Waals surface area contributed by atoms with Gasteiger partial charge in [-0.2, -0.15) is 0 Å². The summed E-state index contributed by atoms with van der Waals surface area (Å²) in [6.07, 6.45) is 0.265. The van der Waals surface area contributed by atoms with Gasteiger partial charge in [-0.15, -0.1) is 0 Å². The van der Waals surface area contributed by atoms with E-state index in [0.29, 0.717) is 28.1 Å². The summed E-state index contributed by atoms with van der Waals surface area (Å²) < 4.78 is 5.63. The molecule has 8 heteroatoms. The molecular weight excluding hydrogens is 434 g/mol. The third-order valence-corrected chi connectivity index (χ3v) is 6.04. The van der Waals surface area contributed by atoms with Crippen molar-refractivity contribution in [2.75, 3.05) is 18.5 Å². The Bertz CT molecular complexity index is 1310. The molecule has 4 amide bonds. The third-order valence-electron chi connectivity index (χ3n) is 6.04. The predicted molar refractivity (Wildman–Crippen MR) is 123 cm³/mol. The molecule has 0 saturated carbocycles. The number of fused-ring (bicyclic) bond motifs is 2. The summed E-state index contributed by atoms with van der Waals surface area (Å²) in [6, 6.07) is 21.7. The number of ketones is 1. The molecule has 2 aliphatic heterocycles. The van der Waals surface area contributed by atoms with Crippen molar-refractivity contribution in [3.63, 3.8) is 0 Å². The van der Waals surface area contributed by atoms with E-state index < -0.39 is 29.9 Å². The van der Waals surface area contributed by atoms with Crippen molar-refractivity contribution in [1.29, 1.82) is 0 Å². The molecule has 0 aromatic heterocycles. The van der Waals surface area contributed by atoms with Crippen LogP contribution in [0, 0.1) is 0 Å². The zero-order valence-electron chi connectivity index (χ0n) is 18.1. The topological polar surface area (TPSA) is 105 Å². The number of nitrogens with zero attached hydrogens (tertiary/aromatic N) is 1. The highest BCUT2D eigenvalue weighted by Gasteiger charge is 2.55. The van der Waals surface area contributed by atoms with Gasteiger partial charge in [-0.25, -0.2) is 4.79 Å². The Balaban J connectivity index is 1.35. The van der Waals surface area contributed by atoms with Crippen LogP contribution < -0.4 is 15.4 Å². The first kappa shape index (κ1) is 21.4. The number of carbonyl (C=O) groups is 4. The molecule has 1 fully saturated rings. The molecule has 1 spiro atoms. The summed E-state index contributed by atoms with van der Waals surface area (Å²) in [5.41, 5.74) is 0.418. The SMILES string of the molecule is O=C(CN1C(=O)NC2(CCOc3ccccc32)C1=O)Nc1ccccc1C(=O)c1ccccc1. The molecular formula is C26H21N3O5. The van der Waals surface area contributed by atoms with E-state index >= 15 is 0 Å². The van der Waals surface area contributed by atoms with Gasteiger partial charge in [-0.3, -0.25) is 19.3 Å². The average molecular weight is 455 g/mol. The van der Waals surface area contributed by atoms with Crippen molar-refractivity contribution in [3.8, 4) is 5.75 Å². The summed E-state index contributed by atoms with van der Waals surface area (Å²) in [6.45, 7) is -0.221. The van der Waals surface area contributed by atoms with Crippen molar-refractivity contribution in [1.82, 2.24) is 10.2 Å². The summed E-state index contributed by atoms with van der Waals surface area (Å²) in [7, 11) is 0. The second-order valence-electron chi connectivity index (χ2n) is 8.11. The van der Waals surface area contributed by atoms with Crippen LogP contribution in [-0.2, 0) is 15.1 Å². The van der Waals surface area contributed by atoms with Crippen LogP contribution in [-0.4, -0.2) is 41.7 Å². The van der Waals surface area contributed by atoms with Gasteiger partial charge in [-0.1, -0.05) is 60.7 Å². The van der Waals surface area contributed by atoms with Crippen molar-refractivity contribution in [2.45, 2.75) is 12.0 Å². The fourth-order valence-electron chi connectivity index (χ4n) is 4.38. The minimum atomic E-state index is -1.26. The zero-order chi connectivity index (χ0) is 23.7. The van der Waals surface area contributed by atoms with E-state index in [9.17, 15) is 19.2 Å². The maximum atomic E-state index is 13.4. The number of imide groups is 1. The van der Waals surface area contributed by atoms with E-state index in [2.05, 4.69) is 10.6 Å². The van der Waals surface area contributed by atoms with E-state index in [1.54, 1.807) is 72.8 Å². The zero-order valence-corrected chi connectivity index (χ0v) is 18.1. The van der Waals surface area contributed by atoms with Gasteiger partial charge in [0.05, 0.1) is 12.3 Å². The van der Waals surface area contributed by atoms with Crippen LogP contribution >= 0.6 is 0 Å². The first-order valence-electron chi connectivity index (χ1n) is 10.8. The van der Waals surface area contributed by atoms with Crippen molar-refractivity contribution in [2.24, 2.45) is 0 Å².